The van der Waals surface area contributed by atoms with Crippen LogP contribution in [0.4, 0.5) is 0 Å². The molecule has 1 fully saturated rings. The number of methoxy groups -OCH3 is 1. The van der Waals surface area contributed by atoms with Gasteiger partial charge in [-0.15, -0.1) is 0 Å². The summed E-state index contributed by atoms with van der Waals surface area (Å²) in [6.45, 7) is 2.14. The number of nitrogens with one attached hydrogen (secondary N) is 1. The maximum absolute atomic E-state index is 13.8. The summed E-state index contributed by atoms with van der Waals surface area (Å²) in [4.78, 5) is 40.9. The first-order chi connectivity index (χ1) is 18.3. The van der Waals surface area contributed by atoms with Crippen molar-refractivity contribution >= 4 is 17.7 Å². The molecular weight excluding hydrogens is 484 g/mol. The zero-order valence-electron chi connectivity index (χ0n) is 21.8. The third-order valence-electron chi connectivity index (χ3n) is 7.69. The molecule has 0 spiro atoms. The van der Waals surface area contributed by atoms with Crippen LogP contribution in [0.5, 0.6) is 11.5 Å². The number of phenolic OH excluding ortho intramolecular Hbond substituents is 1. The van der Waals surface area contributed by atoms with Crippen LogP contribution in [0.2, 0.25) is 0 Å². The third-order valence-corrected chi connectivity index (χ3v) is 7.69. The fourth-order valence-electron chi connectivity index (χ4n) is 5.86. The summed E-state index contributed by atoms with van der Waals surface area (Å²) in [7, 11) is 3.32. The van der Waals surface area contributed by atoms with Crippen LogP contribution in [0.25, 0.3) is 0 Å². The van der Waals surface area contributed by atoms with Crippen LogP contribution in [-0.4, -0.2) is 54.5 Å². The molecule has 3 atom stereocenters. The van der Waals surface area contributed by atoms with E-state index in [0.717, 1.165) is 17.0 Å². The van der Waals surface area contributed by atoms with Crippen molar-refractivity contribution in [2.45, 2.75) is 50.5 Å². The largest absolute Gasteiger partial charge is 0.508 e. The van der Waals surface area contributed by atoms with Crippen LogP contribution in [0.15, 0.2) is 71.1 Å². The molecule has 8 nitrogen and oxygen atoms in total. The second-order valence-corrected chi connectivity index (χ2v) is 10.2. The predicted octanol–water partition coefficient (Wildman–Crippen LogP) is 3.93. The van der Waals surface area contributed by atoms with Gasteiger partial charge in [0, 0.05) is 48.7 Å². The minimum atomic E-state index is -0.681. The fraction of sp³-hybridized carbons (Fsp3) is 0.367. The van der Waals surface area contributed by atoms with Crippen LogP contribution >= 0.6 is 0 Å². The van der Waals surface area contributed by atoms with Gasteiger partial charge in [-0.25, -0.2) is 4.79 Å². The molecule has 1 amide bonds. The lowest BCUT2D eigenvalue weighted by Gasteiger charge is -2.37. The molecule has 2 aliphatic heterocycles. The predicted molar refractivity (Wildman–Crippen MR) is 140 cm³/mol. The summed E-state index contributed by atoms with van der Waals surface area (Å²) in [5.41, 5.74) is 3.85. The number of rotatable bonds is 5. The van der Waals surface area contributed by atoms with Crippen LogP contribution < -0.4 is 10.1 Å². The number of carbonyl (C=O) groups is 3. The molecule has 0 radical (unpaired) electrons. The summed E-state index contributed by atoms with van der Waals surface area (Å²) >= 11 is 0. The summed E-state index contributed by atoms with van der Waals surface area (Å²) < 4.78 is 11.5. The number of aromatic hydroxyl groups is 1. The van der Waals surface area contributed by atoms with Gasteiger partial charge in [0.15, 0.2) is 5.78 Å². The smallest absolute Gasteiger partial charge is 0.337 e. The maximum atomic E-state index is 13.8. The highest BCUT2D eigenvalue weighted by Gasteiger charge is 2.42. The van der Waals surface area contributed by atoms with Crippen molar-refractivity contribution < 1.29 is 29.0 Å². The van der Waals surface area contributed by atoms with Gasteiger partial charge in [0.25, 0.3) is 0 Å². The number of benzene rings is 2. The second-order valence-electron chi connectivity index (χ2n) is 10.2. The number of nitrogens with zero attached hydrogens (tertiary/aromatic N) is 1. The van der Waals surface area contributed by atoms with Crippen LogP contribution in [0.3, 0.4) is 0 Å². The molecule has 1 saturated heterocycles. The Hall–Kier alpha value is -4.07. The number of hydrogen-bond acceptors (Lipinski definition) is 7. The van der Waals surface area contributed by atoms with Crippen molar-refractivity contribution in [3.8, 4) is 11.5 Å². The molecule has 1 aliphatic carbocycles. The normalized spacial score (nSPS) is 23.7. The molecule has 3 aliphatic rings. The number of hydrogen-bond donors (Lipinski definition) is 2. The van der Waals surface area contributed by atoms with Crippen molar-refractivity contribution in [3.63, 3.8) is 0 Å². The van der Waals surface area contributed by atoms with E-state index >= 15 is 0 Å². The first-order valence-corrected chi connectivity index (χ1v) is 12.9. The molecule has 5 rings (SSSR count). The second kappa shape index (κ2) is 10.4. The van der Waals surface area contributed by atoms with Crippen LogP contribution in [-0.2, 0) is 19.1 Å². The molecular formula is C30H32N2O6. The first kappa shape index (κ1) is 25.6. The number of ketones is 1. The van der Waals surface area contributed by atoms with E-state index in [9.17, 15) is 19.5 Å². The average molecular weight is 517 g/mol. The molecule has 2 aromatic rings. The van der Waals surface area contributed by atoms with E-state index in [1.807, 2.05) is 37.3 Å². The zero-order chi connectivity index (χ0) is 27.0. The summed E-state index contributed by atoms with van der Waals surface area (Å²) in [5, 5.41) is 13.6. The minimum Gasteiger partial charge on any atom is -0.508 e. The molecule has 0 aromatic heterocycles. The van der Waals surface area contributed by atoms with Crippen LogP contribution in [0.1, 0.15) is 55.6 Å². The average Bonchev–Trinajstić information content (AvgIpc) is 2.89. The topological polar surface area (TPSA) is 105 Å². The molecule has 2 heterocycles. The lowest BCUT2D eigenvalue weighted by Crippen LogP contribution is -2.43. The minimum absolute atomic E-state index is 0.0249. The number of allylic oxidation sites excluding steroid dienone is 3. The van der Waals surface area contributed by atoms with Gasteiger partial charge < -0.3 is 24.8 Å². The number of phenols is 1. The number of ether oxygens (including phenoxy) is 2. The quantitative estimate of drug-likeness (QED) is 0.580. The lowest BCUT2D eigenvalue weighted by molar-refractivity contribution is -0.152. The molecule has 2 N–H and O–H groups in total. The van der Waals surface area contributed by atoms with E-state index in [-0.39, 0.29) is 29.8 Å². The van der Waals surface area contributed by atoms with Crippen molar-refractivity contribution in [2.75, 3.05) is 20.7 Å². The Bertz CT molecular complexity index is 1360. The van der Waals surface area contributed by atoms with E-state index in [1.54, 1.807) is 37.3 Å². The number of carbonyl (C=O) groups excluding carboxylic acids is 3. The van der Waals surface area contributed by atoms with Gasteiger partial charge in [0.1, 0.15) is 17.6 Å². The van der Waals surface area contributed by atoms with Crippen molar-refractivity contribution in [2.24, 2.45) is 0 Å². The molecule has 8 heteroatoms. The first-order valence-electron chi connectivity index (χ1n) is 12.9. The number of piperidine rings is 1. The highest BCUT2D eigenvalue weighted by Crippen LogP contribution is 2.47. The number of likely N-dealkylation sites (tertiary alicyclic amines) is 1. The van der Waals surface area contributed by atoms with Crippen molar-refractivity contribution in [1.29, 1.82) is 0 Å². The van der Waals surface area contributed by atoms with Gasteiger partial charge >= 0.3 is 5.97 Å². The van der Waals surface area contributed by atoms with Crippen LogP contribution in [0, 0.1) is 0 Å². The zero-order valence-corrected chi connectivity index (χ0v) is 21.8. The van der Waals surface area contributed by atoms with E-state index in [4.69, 9.17) is 9.47 Å². The standard InChI is InChI=1S/C30H32N2O6/c1-17-27(30(36)38-21-11-12-26(35)32(2)16-21)28(18-7-6-8-20(33)13-18)29-23(31-17)14-19(15-24(29)34)22-9-4-5-10-25(22)37-3/h4-10,13,19,21,28,31,33H,11-12,14-16H2,1-3H3/t19-,21+,28-/m1/s1. The number of esters is 1. The van der Waals surface area contributed by atoms with Gasteiger partial charge in [-0.1, -0.05) is 30.3 Å². The van der Waals surface area contributed by atoms with Gasteiger partial charge in [0.2, 0.25) is 5.91 Å². The molecule has 198 valence electrons. The Morgan fingerprint density at radius 1 is 1.11 bits per heavy atom. The monoisotopic (exact) mass is 516 g/mol. The number of dihydropyridines is 1. The number of likely N-dealkylation sites (N-methyl/N-ethyl adjacent to an activating group) is 1. The Morgan fingerprint density at radius 3 is 2.63 bits per heavy atom. The van der Waals surface area contributed by atoms with Gasteiger partial charge in [-0.05, 0) is 49.1 Å². The summed E-state index contributed by atoms with van der Waals surface area (Å²) in [6.07, 6.45) is 1.19. The van der Waals surface area contributed by atoms with Gasteiger partial charge in [-0.2, -0.15) is 0 Å². The number of amides is 1. The van der Waals surface area contributed by atoms with Gasteiger partial charge in [-0.3, -0.25) is 9.59 Å². The van der Waals surface area contributed by atoms with E-state index in [2.05, 4.69) is 5.32 Å². The molecule has 38 heavy (non-hydrogen) atoms. The number of para-hydroxylation sites is 1. The maximum Gasteiger partial charge on any atom is 0.337 e. The SMILES string of the molecule is COc1ccccc1[C@H]1CC(=O)C2=C(C1)NC(C)=C(C(=O)O[C@H]1CCC(=O)N(C)C1)[C@H]2c1cccc(O)c1. The molecule has 0 unspecified atom stereocenters. The Balaban J connectivity index is 1.52. The Morgan fingerprint density at radius 2 is 1.89 bits per heavy atom. The van der Waals surface area contributed by atoms with Crippen molar-refractivity contribution in [1.82, 2.24) is 10.2 Å². The molecule has 2 aromatic carbocycles. The third kappa shape index (κ3) is 4.78. The highest BCUT2D eigenvalue weighted by atomic mass is 16.5. The number of Topliss-reactive ketones (excluding diaryl/α,β-unsaturated/α-hetero) is 1. The van der Waals surface area contributed by atoms with E-state index in [0.29, 0.717) is 48.2 Å². The highest BCUT2D eigenvalue weighted by molar-refractivity contribution is 6.04. The molecule has 0 saturated carbocycles. The van der Waals surface area contributed by atoms with E-state index < -0.39 is 18.0 Å². The van der Waals surface area contributed by atoms with E-state index in [1.165, 1.54) is 0 Å². The van der Waals surface area contributed by atoms with Crippen molar-refractivity contribution in [3.05, 3.63) is 82.2 Å². The Kier molecular flexibility index (Phi) is 6.97. The lowest BCUT2D eigenvalue weighted by atomic mass is 9.71. The summed E-state index contributed by atoms with van der Waals surface area (Å²) in [6, 6.07) is 14.4. The fourth-order valence-corrected chi connectivity index (χ4v) is 5.86. The summed E-state index contributed by atoms with van der Waals surface area (Å²) in [5.74, 6) is -0.535. The van der Waals surface area contributed by atoms with Gasteiger partial charge in [0.05, 0.1) is 19.2 Å². The molecule has 0 bridgehead atoms. The Labute approximate surface area is 221 Å².